The van der Waals surface area contributed by atoms with Crippen molar-refractivity contribution < 1.29 is 19.1 Å². The lowest BCUT2D eigenvalue weighted by Gasteiger charge is -1.97. The van der Waals surface area contributed by atoms with Crippen molar-refractivity contribution in [1.29, 1.82) is 0 Å². The van der Waals surface area contributed by atoms with E-state index in [2.05, 4.69) is 21.6 Å². The van der Waals surface area contributed by atoms with Gasteiger partial charge in [0.25, 0.3) is 0 Å². The van der Waals surface area contributed by atoms with Crippen molar-refractivity contribution in [2.24, 2.45) is 0 Å². The van der Waals surface area contributed by atoms with Crippen molar-refractivity contribution in [1.82, 2.24) is 4.98 Å². The summed E-state index contributed by atoms with van der Waals surface area (Å²) in [7, 11) is 1.28. The zero-order valence-corrected chi connectivity index (χ0v) is 10.8. The van der Waals surface area contributed by atoms with Crippen LogP contribution in [0.2, 0.25) is 0 Å². The predicted molar refractivity (Wildman–Crippen MR) is 66.0 cm³/mol. The third-order valence-electron chi connectivity index (χ3n) is 1.77. The molecule has 2 N–H and O–H groups in total. The number of nitrogen functional groups attached to an aromatic ring is 1. The van der Waals surface area contributed by atoms with Crippen LogP contribution in [-0.4, -0.2) is 30.6 Å². The first-order chi connectivity index (χ1) is 8.58. The van der Waals surface area contributed by atoms with E-state index in [1.807, 2.05) is 0 Å². The smallest absolute Gasteiger partial charge is 0.359 e. The van der Waals surface area contributed by atoms with Gasteiger partial charge in [0.15, 0.2) is 10.8 Å². The SMILES string of the molecule is CCOC(=O)c1nc(N)sc1C#CCC(=O)OC. The lowest BCUT2D eigenvalue weighted by atomic mass is 10.3. The molecule has 0 aliphatic carbocycles. The van der Waals surface area contributed by atoms with Crippen molar-refractivity contribution in [2.45, 2.75) is 13.3 Å². The number of hydrogen-bond donors (Lipinski definition) is 1. The molecule has 0 amide bonds. The molecule has 18 heavy (non-hydrogen) atoms. The first-order valence-corrected chi connectivity index (χ1v) is 5.89. The number of carbonyl (C=O) groups is 2. The first-order valence-electron chi connectivity index (χ1n) is 5.07. The average molecular weight is 268 g/mol. The van der Waals surface area contributed by atoms with Crippen LogP contribution in [0.1, 0.15) is 28.7 Å². The number of aromatic nitrogens is 1. The lowest BCUT2D eigenvalue weighted by molar-refractivity contribution is -0.139. The first kappa shape index (κ1) is 14.0. The minimum atomic E-state index is -0.576. The molecular weight excluding hydrogens is 256 g/mol. The van der Waals surface area contributed by atoms with Crippen LogP contribution in [0.15, 0.2) is 0 Å². The Kier molecular flexibility index (Phi) is 5.14. The molecular formula is C11H12N2O4S. The molecule has 1 aromatic rings. The number of ether oxygens (including phenoxy) is 2. The summed E-state index contributed by atoms with van der Waals surface area (Å²) >= 11 is 1.07. The Labute approximate surface area is 108 Å². The quantitative estimate of drug-likeness (QED) is 0.644. The van der Waals surface area contributed by atoms with E-state index < -0.39 is 11.9 Å². The van der Waals surface area contributed by atoms with Crippen molar-refractivity contribution in [3.63, 3.8) is 0 Å². The molecule has 0 bridgehead atoms. The molecule has 0 saturated heterocycles. The third-order valence-corrected chi connectivity index (χ3v) is 2.57. The number of methoxy groups -OCH3 is 1. The zero-order chi connectivity index (χ0) is 13.5. The number of thiazole rings is 1. The van der Waals surface area contributed by atoms with E-state index in [0.717, 1.165) is 11.3 Å². The summed E-state index contributed by atoms with van der Waals surface area (Å²) in [6.45, 7) is 1.93. The van der Waals surface area contributed by atoms with Crippen LogP contribution in [0.25, 0.3) is 0 Å². The molecule has 0 aliphatic heterocycles. The molecule has 0 aliphatic rings. The minimum Gasteiger partial charge on any atom is -0.468 e. The second-order valence-electron chi connectivity index (χ2n) is 3.00. The van der Waals surface area contributed by atoms with Crippen LogP contribution >= 0.6 is 11.3 Å². The predicted octanol–water partition coefficient (Wildman–Crippen LogP) is 0.817. The van der Waals surface area contributed by atoms with Crippen LogP contribution < -0.4 is 5.73 Å². The fourth-order valence-corrected chi connectivity index (χ4v) is 1.72. The van der Waals surface area contributed by atoms with Gasteiger partial charge in [-0.15, -0.1) is 0 Å². The maximum absolute atomic E-state index is 11.5. The lowest BCUT2D eigenvalue weighted by Crippen LogP contribution is -2.07. The standard InChI is InChI=1S/C11H12N2O4S/c1-3-17-10(15)9-7(18-11(12)13-9)5-4-6-8(14)16-2/h3,6H2,1-2H3,(H2,12,13). The molecule has 0 radical (unpaired) electrons. The van der Waals surface area contributed by atoms with Gasteiger partial charge in [0.1, 0.15) is 11.3 Å². The fraction of sp³-hybridized carbons (Fsp3) is 0.364. The van der Waals surface area contributed by atoms with E-state index in [9.17, 15) is 9.59 Å². The van der Waals surface area contributed by atoms with Crippen LogP contribution in [-0.2, 0) is 14.3 Å². The number of nitrogens with two attached hydrogens (primary N) is 1. The van der Waals surface area contributed by atoms with Gasteiger partial charge in [-0.2, -0.15) is 0 Å². The number of anilines is 1. The Morgan fingerprint density at radius 1 is 1.50 bits per heavy atom. The molecule has 0 aromatic carbocycles. The van der Waals surface area contributed by atoms with Crippen molar-refractivity contribution in [3.05, 3.63) is 10.6 Å². The number of carbonyl (C=O) groups excluding carboxylic acids is 2. The Balaban J connectivity index is 2.88. The van der Waals surface area contributed by atoms with Crippen molar-refractivity contribution in [2.75, 3.05) is 19.5 Å². The molecule has 0 atom stereocenters. The van der Waals surface area contributed by atoms with E-state index >= 15 is 0 Å². The second kappa shape index (κ2) is 6.61. The number of rotatable bonds is 3. The molecule has 0 unspecified atom stereocenters. The highest BCUT2D eigenvalue weighted by Crippen LogP contribution is 2.20. The van der Waals surface area contributed by atoms with Crippen LogP contribution in [0, 0.1) is 11.8 Å². The zero-order valence-electron chi connectivity index (χ0n) is 9.98. The highest BCUT2D eigenvalue weighted by Gasteiger charge is 2.17. The van der Waals surface area contributed by atoms with Gasteiger partial charge in [-0.05, 0) is 6.92 Å². The van der Waals surface area contributed by atoms with Gasteiger partial charge in [-0.25, -0.2) is 9.78 Å². The number of nitrogens with zero attached hydrogens (tertiary/aromatic N) is 1. The monoisotopic (exact) mass is 268 g/mol. The van der Waals surface area contributed by atoms with Crippen molar-refractivity contribution in [3.8, 4) is 11.8 Å². The van der Waals surface area contributed by atoms with Gasteiger partial charge in [-0.1, -0.05) is 23.2 Å². The highest BCUT2D eigenvalue weighted by atomic mass is 32.1. The van der Waals surface area contributed by atoms with E-state index in [0.29, 0.717) is 4.88 Å². The van der Waals surface area contributed by atoms with Crippen LogP contribution in [0.5, 0.6) is 0 Å². The molecule has 1 heterocycles. The van der Waals surface area contributed by atoms with E-state index in [1.165, 1.54) is 7.11 Å². The summed E-state index contributed by atoms with van der Waals surface area (Å²) in [6, 6.07) is 0. The summed E-state index contributed by atoms with van der Waals surface area (Å²) in [5.74, 6) is 4.23. The van der Waals surface area contributed by atoms with Gasteiger partial charge in [0.2, 0.25) is 0 Å². The number of esters is 2. The summed E-state index contributed by atoms with van der Waals surface area (Å²) in [6.07, 6.45) is -0.0590. The largest absolute Gasteiger partial charge is 0.468 e. The molecule has 0 saturated carbocycles. The fourth-order valence-electron chi connectivity index (χ4n) is 1.03. The van der Waals surface area contributed by atoms with Crippen molar-refractivity contribution >= 4 is 28.4 Å². The number of hydrogen-bond acceptors (Lipinski definition) is 7. The summed E-state index contributed by atoms with van der Waals surface area (Å²) < 4.78 is 9.26. The maximum atomic E-state index is 11.5. The Morgan fingerprint density at radius 2 is 2.22 bits per heavy atom. The van der Waals surface area contributed by atoms with Gasteiger partial charge in [0.05, 0.1) is 13.7 Å². The van der Waals surface area contributed by atoms with E-state index in [4.69, 9.17) is 10.5 Å². The Hall–Kier alpha value is -2.07. The topological polar surface area (TPSA) is 91.5 Å². The third kappa shape index (κ3) is 3.75. The molecule has 0 spiro atoms. The van der Waals surface area contributed by atoms with Gasteiger partial charge >= 0.3 is 11.9 Å². The molecule has 96 valence electrons. The maximum Gasteiger partial charge on any atom is 0.359 e. The second-order valence-corrected chi connectivity index (χ2v) is 4.04. The van der Waals surface area contributed by atoms with Gasteiger partial charge in [0, 0.05) is 0 Å². The van der Waals surface area contributed by atoms with Gasteiger partial charge in [-0.3, -0.25) is 4.79 Å². The average Bonchev–Trinajstić information content (AvgIpc) is 2.70. The summed E-state index contributed by atoms with van der Waals surface area (Å²) in [4.78, 5) is 26.6. The van der Waals surface area contributed by atoms with Gasteiger partial charge < -0.3 is 15.2 Å². The summed E-state index contributed by atoms with van der Waals surface area (Å²) in [5, 5.41) is 0.223. The minimum absolute atomic E-state index is 0.0590. The Morgan fingerprint density at radius 3 is 2.83 bits per heavy atom. The van der Waals surface area contributed by atoms with E-state index in [1.54, 1.807) is 6.92 Å². The highest BCUT2D eigenvalue weighted by molar-refractivity contribution is 7.16. The molecule has 1 aromatic heterocycles. The van der Waals surface area contributed by atoms with Crippen LogP contribution in [0.4, 0.5) is 5.13 Å². The summed E-state index contributed by atoms with van der Waals surface area (Å²) in [5.41, 5.74) is 5.59. The molecule has 6 nitrogen and oxygen atoms in total. The Bertz CT molecular complexity index is 513. The molecule has 7 heteroatoms. The molecule has 0 fully saturated rings. The normalized spacial score (nSPS) is 9.22. The molecule has 1 rings (SSSR count). The van der Waals surface area contributed by atoms with Crippen LogP contribution in [0.3, 0.4) is 0 Å². The van der Waals surface area contributed by atoms with E-state index in [-0.39, 0.29) is 23.9 Å².